The van der Waals surface area contributed by atoms with E-state index in [2.05, 4.69) is 14.8 Å². The number of H-pyrrole nitrogens is 1. The lowest BCUT2D eigenvalue weighted by atomic mass is 9.96. The van der Waals surface area contributed by atoms with Gasteiger partial charge in [-0.2, -0.15) is 9.40 Å². The average molecular weight is 526 g/mol. The highest BCUT2D eigenvalue weighted by Crippen LogP contribution is 2.32. The molecule has 194 valence electrons. The van der Waals surface area contributed by atoms with E-state index in [4.69, 9.17) is 4.98 Å². The summed E-state index contributed by atoms with van der Waals surface area (Å²) in [5.74, 6) is -0.422. The molecule has 1 aliphatic carbocycles. The molecule has 0 spiro atoms. The first kappa shape index (κ1) is 24.8. The number of fused-ring (bicyclic) bond motifs is 1. The van der Waals surface area contributed by atoms with Crippen LogP contribution in [0.3, 0.4) is 0 Å². The van der Waals surface area contributed by atoms with Gasteiger partial charge in [0.2, 0.25) is 10.0 Å². The number of hydrogen-bond donors (Lipinski definition) is 1. The van der Waals surface area contributed by atoms with Crippen molar-refractivity contribution in [2.45, 2.75) is 68.2 Å². The molecule has 9 nitrogen and oxygen atoms in total. The Morgan fingerprint density at radius 3 is 2.44 bits per heavy atom. The Balaban J connectivity index is 1.39. The van der Waals surface area contributed by atoms with Crippen LogP contribution in [0.4, 0.5) is 13.2 Å². The zero-order valence-corrected chi connectivity index (χ0v) is 20.2. The van der Waals surface area contributed by atoms with E-state index in [9.17, 15) is 26.4 Å². The first-order chi connectivity index (χ1) is 17.1. The van der Waals surface area contributed by atoms with E-state index in [1.54, 1.807) is 0 Å². The number of nitrogens with zero attached hydrogens (tertiary/aromatic N) is 4. The molecule has 1 N–H and O–H groups in total. The molecule has 1 unspecified atom stereocenters. The van der Waals surface area contributed by atoms with Gasteiger partial charge in [-0.05, 0) is 49.9 Å². The molecule has 1 aliphatic heterocycles. The molecule has 2 fully saturated rings. The predicted molar refractivity (Wildman–Crippen MR) is 124 cm³/mol. The van der Waals surface area contributed by atoms with Crippen LogP contribution in [-0.2, 0) is 10.0 Å². The Labute approximate surface area is 205 Å². The monoisotopic (exact) mass is 525 g/mol. The minimum absolute atomic E-state index is 0.0924. The Morgan fingerprint density at radius 2 is 1.75 bits per heavy atom. The lowest BCUT2D eigenvalue weighted by Gasteiger charge is -2.31. The first-order valence-corrected chi connectivity index (χ1v) is 13.4. The standard InChI is InChI=1S/C23H26F3N5O4S/c24-23(25,26)35-17-8-10-18(11-9-17)36(33,34)30-12-4-5-15(14-30)20-28-21-19(22(32)29-20)13-27-31(21)16-6-2-1-3-7-16/h8-11,13,15-16H,1-7,12,14H2,(H,28,29,32). The van der Waals surface area contributed by atoms with Crippen LogP contribution < -0.4 is 10.3 Å². The molecule has 1 atom stereocenters. The molecule has 0 bridgehead atoms. The molecule has 1 saturated heterocycles. The van der Waals surface area contributed by atoms with Crippen molar-refractivity contribution in [1.29, 1.82) is 0 Å². The molecule has 1 saturated carbocycles. The molecular formula is C23H26F3N5O4S. The van der Waals surface area contributed by atoms with Gasteiger partial charge >= 0.3 is 6.36 Å². The second kappa shape index (κ2) is 9.51. The van der Waals surface area contributed by atoms with Crippen LogP contribution in [0.2, 0.25) is 0 Å². The number of hydrogen-bond acceptors (Lipinski definition) is 6. The molecule has 0 radical (unpaired) electrons. The maximum atomic E-state index is 13.2. The van der Waals surface area contributed by atoms with Gasteiger partial charge in [0.1, 0.15) is 17.0 Å². The van der Waals surface area contributed by atoms with Gasteiger partial charge in [-0.25, -0.2) is 18.1 Å². The molecule has 3 heterocycles. The van der Waals surface area contributed by atoms with Crippen molar-refractivity contribution in [3.8, 4) is 5.75 Å². The summed E-state index contributed by atoms with van der Waals surface area (Å²) in [6, 6.07) is 4.32. The lowest BCUT2D eigenvalue weighted by molar-refractivity contribution is -0.274. The topological polar surface area (TPSA) is 110 Å². The van der Waals surface area contributed by atoms with Crippen LogP contribution in [0.15, 0.2) is 40.2 Å². The predicted octanol–water partition coefficient (Wildman–Crippen LogP) is 4.09. The number of halogens is 3. The van der Waals surface area contributed by atoms with Gasteiger partial charge in [0.05, 0.1) is 17.1 Å². The van der Waals surface area contributed by atoms with Gasteiger partial charge < -0.3 is 9.72 Å². The molecule has 3 aromatic rings. The smallest absolute Gasteiger partial charge is 0.406 e. The number of aromatic amines is 1. The highest BCUT2D eigenvalue weighted by atomic mass is 32.2. The van der Waals surface area contributed by atoms with Gasteiger partial charge in [-0.1, -0.05) is 19.3 Å². The van der Waals surface area contributed by atoms with Gasteiger partial charge in [0.25, 0.3) is 5.56 Å². The summed E-state index contributed by atoms with van der Waals surface area (Å²) < 4.78 is 70.6. The lowest BCUT2D eigenvalue weighted by Crippen LogP contribution is -2.39. The van der Waals surface area contributed by atoms with Gasteiger partial charge in [0, 0.05) is 19.0 Å². The van der Waals surface area contributed by atoms with E-state index in [1.807, 2.05) is 4.68 Å². The van der Waals surface area contributed by atoms with Crippen LogP contribution in [0.5, 0.6) is 5.75 Å². The molecule has 2 aromatic heterocycles. The third-order valence-corrected chi connectivity index (χ3v) is 8.75. The second-order valence-electron chi connectivity index (χ2n) is 9.29. The Hall–Kier alpha value is -2.93. The molecule has 5 rings (SSSR count). The number of piperidine rings is 1. The summed E-state index contributed by atoms with van der Waals surface area (Å²) in [4.78, 5) is 20.2. The Bertz CT molecular complexity index is 1400. The number of nitrogens with one attached hydrogen (secondary N) is 1. The van der Waals surface area contributed by atoms with E-state index in [0.717, 1.165) is 49.9 Å². The Kier molecular flexibility index (Phi) is 6.54. The largest absolute Gasteiger partial charge is 0.573 e. The van der Waals surface area contributed by atoms with Crippen LogP contribution in [-0.4, -0.2) is 51.9 Å². The first-order valence-electron chi connectivity index (χ1n) is 12.0. The maximum Gasteiger partial charge on any atom is 0.573 e. The van der Waals surface area contributed by atoms with E-state index >= 15 is 0 Å². The summed E-state index contributed by atoms with van der Waals surface area (Å²) in [5, 5.41) is 4.84. The fraction of sp³-hybridized carbons (Fsp3) is 0.522. The number of alkyl halides is 3. The molecule has 13 heteroatoms. The summed E-state index contributed by atoms with van der Waals surface area (Å²) in [5.41, 5.74) is 0.207. The molecule has 1 aromatic carbocycles. The molecule has 36 heavy (non-hydrogen) atoms. The van der Waals surface area contributed by atoms with Crippen molar-refractivity contribution >= 4 is 21.1 Å². The minimum atomic E-state index is -4.86. The van der Waals surface area contributed by atoms with Crippen LogP contribution in [0.1, 0.15) is 62.7 Å². The van der Waals surface area contributed by atoms with E-state index < -0.39 is 22.1 Å². The van der Waals surface area contributed by atoms with Crippen LogP contribution in [0.25, 0.3) is 11.0 Å². The third-order valence-electron chi connectivity index (χ3n) is 6.87. The number of sulfonamides is 1. The van der Waals surface area contributed by atoms with Crippen molar-refractivity contribution in [2.75, 3.05) is 13.1 Å². The quantitative estimate of drug-likeness (QED) is 0.537. The number of ether oxygens (including phenoxy) is 1. The zero-order valence-electron chi connectivity index (χ0n) is 19.4. The molecule has 2 aliphatic rings. The fourth-order valence-corrected chi connectivity index (χ4v) is 6.61. The number of aromatic nitrogens is 4. The van der Waals surface area contributed by atoms with Crippen molar-refractivity contribution in [2.24, 2.45) is 0 Å². The fourth-order valence-electron chi connectivity index (χ4n) is 5.09. The van der Waals surface area contributed by atoms with Gasteiger partial charge in [0.15, 0.2) is 5.65 Å². The van der Waals surface area contributed by atoms with E-state index in [1.165, 1.54) is 16.9 Å². The van der Waals surface area contributed by atoms with Crippen molar-refractivity contribution in [1.82, 2.24) is 24.1 Å². The van der Waals surface area contributed by atoms with Crippen molar-refractivity contribution < 1.29 is 26.3 Å². The number of rotatable bonds is 5. The van der Waals surface area contributed by atoms with Crippen LogP contribution in [0, 0.1) is 0 Å². The minimum Gasteiger partial charge on any atom is -0.406 e. The molecular weight excluding hydrogens is 499 g/mol. The van der Waals surface area contributed by atoms with Crippen LogP contribution >= 0.6 is 0 Å². The van der Waals surface area contributed by atoms with E-state index in [0.29, 0.717) is 29.7 Å². The average Bonchev–Trinajstić information content (AvgIpc) is 3.29. The van der Waals surface area contributed by atoms with Gasteiger partial charge in [-0.3, -0.25) is 4.79 Å². The Morgan fingerprint density at radius 1 is 1.03 bits per heavy atom. The van der Waals surface area contributed by atoms with E-state index in [-0.39, 0.29) is 35.5 Å². The normalized spacial score (nSPS) is 20.6. The van der Waals surface area contributed by atoms with Gasteiger partial charge in [-0.15, -0.1) is 13.2 Å². The highest BCUT2D eigenvalue weighted by molar-refractivity contribution is 7.89. The SMILES string of the molecule is O=c1[nH]c(C2CCCN(S(=O)(=O)c3ccc(OC(F)(F)F)cc3)C2)nc2c1cnn2C1CCCCC1. The summed E-state index contributed by atoms with van der Waals surface area (Å²) in [6.07, 6.45) is 3.17. The third kappa shape index (κ3) is 4.99. The molecule has 0 amide bonds. The summed E-state index contributed by atoms with van der Waals surface area (Å²) in [7, 11) is -3.97. The second-order valence-corrected chi connectivity index (χ2v) is 11.2. The van der Waals surface area contributed by atoms with Crippen molar-refractivity contribution in [3.63, 3.8) is 0 Å². The highest BCUT2D eigenvalue weighted by Gasteiger charge is 2.34. The summed E-state index contributed by atoms with van der Waals surface area (Å²) in [6.45, 7) is 0.348. The van der Waals surface area contributed by atoms with Crippen molar-refractivity contribution in [3.05, 3.63) is 46.6 Å². The zero-order chi connectivity index (χ0) is 25.5. The number of benzene rings is 1. The maximum absolute atomic E-state index is 13.2. The summed E-state index contributed by atoms with van der Waals surface area (Å²) >= 11 is 0.